The number of nitrogens with zero attached hydrogens (tertiary/aromatic N) is 2. The minimum atomic E-state index is -0.657. The SMILES string of the molecule is NNc1ccc([N+](=O)[O-])c(Oc2cc(F)ccc2Br)n1. The van der Waals surface area contributed by atoms with E-state index >= 15 is 0 Å². The Labute approximate surface area is 120 Å². The van der Waals surface area contributed by atoms with Crippen molar-refractivity contribution >= 4 is 27.4 Å². The lowest BCUT2D eigenvalue weighted by Crippen LogP contribution is -2.09. The molecule has 2 aromatic rings. The van der Waals surface area contributed by atoms with E-state index in [9.17, 15) is 14.5 Å². The van der Waals surface area contributed by atoms with Crippen LogP contribution in [0.5, 0.6) is 11.6 Å². The molecule has 1 aromatic carbocycles. The van der Waals surface area contributed by atoms with Gasteiger partial charge in [-0.3, -0.25) is 10.1 Å². The number of pyridine rings is 1. The van der Waals surface area contributed by atoms with Crippen LogP contribution in [0.2, 0.25) is 0 Å². The van der Waals surface area contributed by atoms with Gasteiger partial charge in [-0.05, 0) is 34.1 Å². The molecule has 0 aliphatic rings. The highest BCUT2D eigenvalue weighted by Crippen LogP contribution is 2.34. The van der Waals surface area contributed by atoms with Gasteiger partial charge < -0.3 is 10.2 Å². The van der Waals surface area contributed by atoms with Crippen molar-refractivity contribution < 1.29 is 14.1 Å². The van der Waals surface area contributed by atoms with Crippen LogP contribution >= 0.6 is 15.9 Å². The first-order valence-corrected chi connectivity index (χ1v) is 6.05. The Bertz CT molecular complexity index is 668. The number of hydrogen-bond donors (Lipinski definition) is 2. The smallest absolute Gasteiger partial charge is 0.331 e. The van der Waals surface area contributed by atoms with Crippen LogP contribution in [0.15, 0.2) is 34.8 Å². The van der Waals surface area contributed by atoms with Crippen molar-refractivity contribution in [3.8, 4) is 11.6 Å². The maximum Gasteiger partial charge on any atom is 0.331 e. The number of ether oxygens (including phenoxy) is 1. The van der Waals surface area contributed by atoms with Gasteiger partial charge in [0.05, 0.1) is 9.40 Å². The van der Waals surface area contributed by atoms with Crippen molar-refractivity contribution in [2.75, 3.05) is 5.43 Å². The zero-order valence-corrected chi connectivity index (χ0v) is 11.4. The number of halogens is 2. The quantitative estimate of drug-likeness (QED) is 0.503. The van der Waals surface area contributed by atoms with Gasteiger partial charge >= 0.3 is 11.6 Å². The molecule has 7 nitrogen and oxygen atoms in total. The van der Waals surface area contributed by atoms with E-state index in [4.69, 9.17) is 10.6 Å². The largest absolute Gasteiger partial charge is 0.432 e. The number of aromatic nitrogens is 1. The highest BCUT2D eigenvalue weighted by Gasteiger charge is 2.19. The maximum absolute atomic E-state index is 13.2. The summed E-state index contributed by atoms with van der Waals surface area (Å²) in [6.07, 6.45) is 0. The van der Waals surface area contributed by atoms with E-state index in [2.05, 4.69) is 26.3 Å². The van der Waals surface area contributed by atoms with Gasteiger partial charge in [-0.2, -0.15) is 4.98 Å². The number of benzene rings is 1. The van der Waals surface area contributed by atoms with Gasteiger partial charge in [-0.15, -0.1) is 0 Å². The third-order valence-electron chi connectivity index (χ3n) is 2.28. The van der Waals surface area contributed by atoms with Crippen molar-refractivity contribution in [3.05, 3.63) is 50.7 Å². The Kier molecular flexibility index (Phi) is 4.11. The minimum absolute atomic E-state index is 0.0646. The van der Waals surface area contributed by atoms with E-state index in [0.29, 0.717) is 4.47 Å². The Morgan fingerprint density at radius 2 is 2.15 bits per heavy atom. The first-order valence-electron chi connectivity index (χ1n) is 5.26. The molecule has 20 heavy (non-hydrogen) atoms. The molecule has 104 valence electrons. The molecule has 1 aromatic heterocycles. The van der Waals surface area contributed by atoms with Crippen LogP contribution in [-0.4, -0.2) is 9.91 Å². The molecule has 0 atom stereocenters. The summed E-state index contributed by atoms with van der Waals surface area (Å²) in [5.41, 5.74) is 1.88. The Balaban J connectivity index is 2.45. The molecule has 1 heterocycles. The lowest BCUT2D eigenvalue weighted by Gasteiger charge is -2.08. The van der Waals surface area contributed by atoms with E-state index < -0.39 is 10.7 Å². The van der Waals surface area contributed by atoms with E-state index in [1.54, 1.807) is 0 Å². The number of nitrogens with one attached hydrogen (secondary N) is 1. The molecule has 0 radical (unpaired) electrons. The van der Waals surface area contributed by atoms with Crippen LogP contribution in [0.4, 0.5) is 15.9 Å². The van der Waals surface area contributed by atoms with Gasteiger partial charge in [0.15, 0.2) is 0 Å². The van der Waals surface area contributed by atoms with Crippen LogP contribution in [0.3, 0.4) is 0 Å². The number of hydrogen-bond acceptors (Lipinski definition) is 6. The number of nitrogen functional groups attached to an aromatic ring is 1. The van der Waals surface area contributed by atoms with Crippen LogP contribution < -0.4 is 16.0 Å². The number of rotatable bonds is 4. The first kappa shape index (κ1) is 14.2. The fraction of sp³-hybridized carbons (Fsp3) is 0. The molecule has 9 heteroatoms. The highest BCUT2D eigenvalue weighted by molar-refractivity contribution is 9.10. The summed E-state index contributed by atoms with van der Waals surface area (Å²) in [5.74, 6) is 4.59. The Hall–Kier alpha value is -2.26. The molecular formula is C11H8BrFN4O3. The Morgan fingerprint density at radius 1 is 1.40 bits per heavy atom. The maximum atomic E-state index is 13.2. The lowest BCUT2D eigenvalue weighted by atomic mass is 10.3. The van der Waals surface area contributed by atoms with Crippen molar-refractivity contribution in [1.29, 1.82) is 0 Å². The zero-order valence-electron chi connectivity index (χ0n) is 9.84. The molecule has 0 saturated heterocycles. The summed E-state index contributed by atoms with van der Waals surface area (Å²) in [4.78, 5) is 14.1. The summed E-state index contributed by atoms with van der Waals surface area (Å²) in [6.45, 7) is 0. The lowest BCUT2D eigenvalue weighted by molar-refractivity contribution is -0.386. The first-order chi connectivity index (χ1) is 9.51. The van der Waals surface area contributed by atoms with E-state index in [-0.39, 0.29) is 23.1 Å². The molecule has 0 saturated carbocycles. The number of anilines is 1. The monoisotopic (exact) mass is 342 g/mol. The number of hydrazine groups is 1. The van der Waals surface area contributed by atoms with E-state index in [1.165, 1.54) is 24.3 Å². The highest BCUT2D eigenvalue weighted by atomic mass is 79.9. The topological polar surface area (TPSA) is 103 Å². The van der Waals surface area contributed by atoms with Crippen LogP contribution in [-0.2, 0) is 0 Å². The summed E-state index contributed by atoms with van der Waals surface area (Å²) in [5, 5.41) is 10.9. The second-order valence-corrected chi connectivity index (χ2v) is 4.45. The average molecular weight is 343 g/mol. The second kappa shape index (κ2) is 5.80. The molecule has 0 aliphatic carbocycles. The van der Waals surface area contributed by atoms with Gasteiger partial charge in [-0.1, -0.05) is 0 Å². The van der Waals surface area contributed by atoms with Crippen LogP contribution in [0.1, 0.15) is 0 Å². The predicted octanol–water partition coefficient (Wildman–Crippen LogP) is 2.97. The molecule has 0 aliphatic heterocycles. The third kappa shape index (κ3) is 3.00. The standard InChI is InChI=1S/C11H8BrFN4O3/c12-7-2-1-6(13)5-9(7)20-11-8(17(18)19)3-4-10(15-11)16-14/h1-5H,14H2,(H,15,16). The van der Waals surface area contributed by atoms with Crippen molar-refractivity contribution in [2.45, 2.75) is 0 Å². The van der Waals surface area contributed by atoms with Crippen molar-refractivity contribution in [3.63, 3.8) is 0 Å². The molecule has 0 bridgehead atoms. The fourth-order valence-corrected chi connectivity index (χ4v) is 1.71. The van der Waals surface area contributed by atoms with Crippen molar-refractivity contribution in [1.82, 2.24) is 4.98 Å². The van der Waals surface area contributed by atoms with Crippen molar-refractivity contribution in [2.24, 2.45) is 5.84 Å². The molecular weight excluding hydrogens is 335 g/mol. The van der Waals surface area contributed by atoms with Gasteiger partial charge in [0.1, 0.15) is 17.4 Å². The summed E-state index contributed by atoms with van der Waals surface area (Å²) < 4.78 is 18.9. The number of nitro groups is 1. The van der Waals surface area contributed by atoms with Gasteiger partial charge in [-0.25, -0.2) is 10.2 Å². The van der Waals surface area contributed by atoms with Gasteiger partial charge in [0.2, 0.25) is 0 Å². The van der Waals surface area contributed by atoms with E-state index in [1.807, 2.05) is 0 Å². The molecule has 0 fully saturated rings. The minimum Gasteiger partial charge on any atom is -0.432 e. The molecule has 3 N–H and O–H groups in total. The molecule has 0 unspecified atom stereocenters. The molecule has 0 amide bonds. The normalized spacial score (nSPS) is 10.2. The fourth-order valence-electron chi connectivity index (χ4n) is 1.39. The third-order valence-corrected chi connectivity index (χ3v) is 2.94. The van der Waals surface area contributed by atoms with E-state index in [0.717, 1.165) is 6.07 Å². The molecule has 0 spiro atoms. The summed E-state index contributed by atoms with van der Waals surface area (Å²) in [6, 6.07) is 6.23. The summed E-state index contributed by atoms with van der Waals surface area (Å²) in [7, 11) is 0. The van der Waals surface area contributed by atoms with Crippen LogP contribution in [0.25, 0.3) is 0 Å². The predicted molar refractivity (Wildman–Crippen MR) is 72.9 cm³/mol. The average Bonchev–Trinajstić information content (AvgIpc) is 2.42. The zero-order chi connectivity index (χ0) is 14.7. The van der Waals surface area contributed by atoms with Crippen LogP contribution in [0, 0.1) is 15.9 Å². The summed E-state index contributed by atoms with van der Waals surface area (Å²) >= 11 is 3.16. The number of nitrogens with two attached hydrogens (primary N) is 1. The van der Waals surface area contributed by atoms with Gasteiger partial charge in [0.25, 0.3) is 0 Å². The Morgan fingerprint density at radius 3 is 2.80 bits per heavy atom. The second-order valence-electron chi connectivity index (χ2n) is 3.60. The van der Waals surface area contributed by atoms with Gasteiger partial charge in [0, 0.05) is 12.1 Å². The molecule has 2 rings (SSSR count).